The summed E-state index contributed by atoms with van der Waals surface area (Å²) in [5, 5.41) is 4.76. The van der Waals surface area contributed by atoms with Gasteiger partial charge < -0.3 is 4.74 Å². The minimum absolute atomic E-state index is 0.565. The van der Waals surface area contributed by atoms with Gasteiger partial charge in [-0.15, -0.1) is 0 Å². The molecule has 0 atom stereocenters. The largest absolute Gasteiger partial charge is 0.435 e. The zero-order chi connectivity index (χ0) is 13.1. The molecule has 3 nitrogen and oxygen atoms in total. The quantitative estimate of drug-likeness (QED) is 0.358. The summed E-state index contributed by atoms with van der Waals surface area (Å²) in [5.74, 6) is 0.950. The number of nitrogens with zero attached hydrogens (tertiary/aromatic N) is 2. The third kappa shape index (κ3) is 1.11. The Balaban J connectivity index is 2.26. The third-order valence-electron chi connectivity index (χ3n) is 4.05. The molecule has 0 saturated heterocycles. The molecule has 0 unspecified atom stereocenters. The molecule has 1 aliphatic rings. The van der Waals surface area contributed by atoms with Crippen molar-refractivity contribution in [2.45, 2.75) is 6.73 Å². The zero-order valence-corrected chi connectivity index (χ0v) is 10.7. The first-order valence-corrected chi connectivity index (χ1v) is 6.68. The average molecular weight is 259 g/mol. The van der Waals surface area contributed by atoms with Crippen molar-refractivity contribution in [1.82, 2.24) is 4.98 Å². The maximum Gasteiger partial charge on any atom is 0.292 e. The molecule has 20 heavy (non-hydrogen) atoms. The zero-order valence-electron chi connectivity index (χ0n) is 10.7. The number of benzene rings is 2. The second-order valence-corrected chi connectivity index (χ2v) is 5.09. The third-order valence-corrected chi connectivity index (χ3v) is 4.05. The summed E-state index contributed by atoms with van der Waals surface area (Å²) in [6, 6.07) is 14.6. The Morgan fingerprint density at radius 3 is 2.85 bits per heavy atom. The van der Waals surface area contributed by atoms with E-state index in [0.717, 1.165) is 16.7 Å². The van der Waals surface area contributed by atoms with Gasteiger partial charge in [0.15, 0.2) is 6.20 Å². The van der Waals surface area contributed by atoms with E-state index in [0.29, 0.717) is 6.73 Å². The fourth-order valence-corrected chi connectivity index (χ4v) is 3.22. The van der Waals surface area contributed by atoms with E-state index in [-0.39, 0.29) is 0 Å². The summed E-state index contributed by atoms with van der Waals surface area (Å²) in [6.45, 7) is 0.565. The molecular weight excluding hydrogens is 248 g/mol. The number of pyridine rings is 2. The van der Waals surface area contributed by atoms with Gasteiger partial charge in [-0.2, -0.15) is 4.57 Å². The predicted molar refractivity (Wildman–Crippen MR) is 77.6 cm³/mol. The normalized spacial score (nSPS) is 13.2. The lowest BCUT2D eigenvalue weighted by atomic mass is 9.99. The van der Waals surface area contributed by atoms with Crippen LogP contribution in [0.1, 0.15) is 0 Å². The SMILES string of the molecule is c1cnc2c(c1)c1ccc[n+]3c1c1c(cccc21)OC3. The fraction of sp³-hybridized carbons (Fsp3) is 0.0588. The van der Waals surface area contributed by atoms with Crippen LogP contribution in [0.5, 0.6) is 5.75 Å². The van der Waals surface area contributed by atoms with Crippen molar-refractivity contribution in [3.05, 3.63) is 54.9 Å². The van der Waals surface area contributed by atoms with Crippen LogP contribution in [0, 0.1) is 0 Å². The second kappa shape index (κ2) is 3.45. The lowest BCUT2D eigenvalue weighted by Crippen LogP contribution is -2.39. The summed E-state index contributed by atoms with van der Waals surface area (Å²) in [4.78, 5) is 4.59. The highest BCUT2D eigenvalue weighted by molar-refractivity contribution is 6.23. The smallest absolute Gasteiger partial charge is 0.292 e. The summed E-state index contributed by atoms with van der Waals surface area (Å²) in [5.41, 5.74) is 2.28. The first kappa shape index (κ1) is 10.1. The summed E-state index contributed by atoms with van der Waals surface area (Å²) in [7, 11) is 0. The van der Waals surface area contributed by atoms with Crippen LogP contribution in [-0.4, -0.2) is 4.98 Å². The molecule has 5 rings (SSSR count). The van der Waals surface area contributed by atoms with E-state index in [1.54, 1.807) is 0 Å². The Morgan fingerprint density at radius 2 is 1.85 bits per heavy atom. The van der Waals surface area contributed by atoms with Crippen LogP contribution >= 0.6 is 0 Å². The maximum absolute atomic E-state index is 5.87. The lowest BCUT2D eigenvalue weighted by Gasteiger charge is -2.16. The van der Waals surface area contributed by atoms with Crippen molar-refractivity contribution in [3.63, 3.8) is 0 Å². The van der Waals surface area contributed by atoms with E-state index < -0.39 is 0 Å². The van der Waals surface area contributed by atoms with Gasteiger partial charge in [-0.3, -0.25) is 4.98 Å². The molecule has 0 radical (unpaired) electrons. The number of aromatic nitrogens is 2. The van der Waals surface area contributed by atoms with Gasteiger partial charge in [0.05, 0.1) is 16.3 Å². The summed E-state index contributed by atoms with van der Waals surface area (Å²) < 4.78 is 8.03. The first-order valence-electron chi connectivity index (χ1n) is 6.68. The van der Waals surface area contributed by atoms with Crippen LogP contribution in [0.2, 0.25) is 0 Å². The molecule has 0 N–H and O–H groups in total. The fourth-order valence-electron chi connectivity index (χ4n) is 3.22. The number of rotatable bonds is 0. The molecule has 0 bridgehead atoms. The van der Waals surface area contributed by atoms with Crippen LogP contribution in [0.4, 0.5) is 0 Å². The van der Waals surface area contributed by atoms with Crippen molar-refractivity contribution >= 4 is 32.6 Å². The highest BCUT2D eigenvalue weighted by Gasteiger charge is 2.24. The molecular formula is C17H11N2O+. The topological polar surface area (TPSA) is 26.0 Å². The molecule has 94 valence electrons. The van der Waals surface area contributed by atoms with Gasteiger partial charge >= 0.3 is 0 Å². The van der Waals surface area contributed by atoms with Crippen molar-refractivity contribution in [1.29, 1.82) is 0 Å². The monoisotopic (exact) mass is 259 g/mol. The van der Waals surface area contributed by atoms with E-state index in [2.05, 4.69) is 40.0 Å². The van der Waals surface area contributed by atoms with Crippen molar-refractivity contribution in [3.8, 4) is 5.75 Å². The van der Waals surface area contributed by atoms with Gasteiger partial charge in [0.1, 0.15) is 5.75 Å². The van der Waals surface area contributed by atoms with Crippen LogP contribution in [0.3, 0.4) is 0 Å². The van der Waals surface area contributed by atoms with Gasteiger partial charge in [0.25, 0.3) is 6.73 Å². The Labute approximate surface area is 115 Å². The predicted octanol–water partition coefficient (Wildman–Crippen LogP) is 3.18. The molecule has 0 spiro atoms. The average Bonchev–Trinajstić information content (AvgIpc) is 2.53. The highest BCUT2D eigenvalue weighted by Crippen LogP contribution is 2.38. The van der Waals surface area contributed by atoms with E-state index in [1.165, 1.54) is 21.7 Å². The van der Waals surface area contributed by atoms with E-state index in [4.69, 9.17) is 4.74 Å². The molecule has 0 aliphatic carbocycles. The maximum atomic E-state index is 5.87. The molecule has 3 heteroatoms. The lowest BCUT2D eigenvalue weighted by molar-refractivity contribution is -0.701. The number of hydrogen-bond acceptors (Lipinski definition) is 2. The standard InChI is InChI=1S/C17H11N2O/c1-4-13-15-14(7-1)20-10-19-9-3-6-12(17(15)19)11-5-2-8-18-16(11)13/h1-9H,10H2/q+1. The van der Waals surface area contributed by atoms with Crippen LogP contribution in [0.15, 0.2) is 54.9 Å². The summed E-state index contributed by atoms with van der Waals surface area (Å²) >= 11 is 0. The first-order chi connectivity index (χ1) is 9.93. The van der Waals surface area contributed by atoms with Gasteiger partial charge in [0, 0.05) is 23.0 Å². The summed E-state index contributed by atoms with van der Waals surface area (Å²) in [6.07, 6.45) is 3.92. The Bertz CT molecular complexity index is 925. The molecule has 4 aromatic rings. The molecule has 1 aliphatic heterocycles. The minimum atomic E-state index is 0.565. The second-order valence-electron chi connectivity index (χ2n) is 5.09. The van der Waals surface area contributed by atoms with Crippen LogP contribution in [-0.2, 0) is 6.73 Å². The Morgan fingerprint density at radius 1 is 0.950 bits per heavy atom. The Hall–Kier alpha value is -2.68. The molecule has 0 amide bonds. The van der Waals surface area contributed by atoms with E-state index in [1.807, 2.05) is 24.4 Å². The highest BCUT2D eigenvalue weighted by atomic mass is 16.5. The van der Waals surface area contributed by atoms with Crippen molar-refractivity contribution < 1.29 is 9.30 Å². The van der Waals surface area contributed by atoms with Gasteiger partial charge in [-0.05, 0) is 18.2 Å². The molecule has 0 saturated carbocycles. The molecule has 2 aromatic carbocycles. The number of hydrogen-bond donors (Lipinski definition) is 0. The Kier molecular flexibility index (Phi) is 1.75. The van der Waals surface area contributed by atoms with E-state index >= 15 is 0 Å². The van der Waals surface area contributed by atoms with Crippen LogP contribution < -0.4 is 9.30 Å². The number of ether oxygens (including phenoxy) is 1. The van der Waals surface area contributed by atoms with Crippen molar-refractivity contribution in [2.75, 3.05) is 0 Å². The minimum Gasteiger partial charge on any atom is -0.435 e. The van der Waals surface area contributed by atoms with Crippen molar-refractivity contribution in [2.24, 2.45) is 0 Å². The number of fused-ring (bicyclic) bond motifs is 3. The molecule has 2 aromatic heterocycles. The van der Waals surface area contributed by atoms with Crippen LogP contribution in [0.25, 0.3) is 32.6 Å². The van der Waals surface area contributed by atoms with E-state index in [9.17, 15) is 0 Å². The molecule has 3 heterocycles. The van der Waals surface area contributed by atoms with Gasteiger partial charge in [-0.1, -0.05) is 18.2 Å². The van der Waals surface area contributed by atoms with Gasteiger partial charge in [0.2, 0.25) is 5.52 Å². The molecule has 0 fully saturated rings. The van der Waals surface area contributed by atoms with Gasteiger partial charge in [-0.25, -0.2) is 0 Å².